The lowest BCUT2D eigenvalue weighted by atomic mass is 10.2. The van der Waals surface area contributed by atoms with Crippen LogP contribution >= 0.6 is 11.6 Å². The maximum atomic E-state index is 12.2. The highest BCUT2D eigenvalue weighted by atomic mass is 35.5. The van der Waals surface area contributed by atoms with Crippen molar-refractivity contribution >= 4 is 38.9 Å². The fourth-order valence-corrected chi connectivity index (χ4v) is 2.65. The highest BCUT2D eigenvalue weighted by Gasteiger charge is 2.15. The lowest BCUT2D eigenvalue weighted by Crippen LogP contribution is -2.30. The van der Waals surface area contributed by atoms with Crippen LogP contribution in [-0.4, -0.2) is 26.2 Å². The molecule has 0 spiro atoms. The van der Waals surface area contributed by atoms with E-state index in [0.717, 1.165) is 0 Å². The summed E-state index contributed by atoms with van der Waals surface area (Å²) in [7, 11) is -3.33. The van der Waals surface area contributed by atoms with Gasteiger partial charge >= 0.3 is 0 Å². The van der Waals surface area contributed by atoms with Crippen molar-refractivity contribution in [2.75, 3.05) is 15.8 Å². The van der Waals surface area contributed by atoms with Gasteiger partial charge in [0.05, 0.1) is 5.75 Å². The number of ether oxygens (including phenoxy) is 1. The highest BCUT2D eigenvalue weighted by molar-refractivity contribution is 7.92. The van der Waals surface area contributed by atoms with Crippen LogP contribution < -0.4 is 14.8 Å². The summed E-state index contributed by atoms with van der Waals surface area (Å²) in [5, 5.41) is 3.30. The molecule has 0 aromatic heterocycles. The Kier molecular flexibility index (Phi) is 6.27. The lowest BCUT2D eigenvalue weighted by molar-refractivity contribution is -0.122. The summed E-state index contributed by atoms with van der Waals surface area (Å²) in [5.41, 5.74) is 0.973. The summed E-state index contributed by atoms with van der Waals surface area (Å²) in [6.45, 7) is 3.19. The summed E-state index contributed by atoms with van der Waals surface area (Å²) in [6.07, 6.45) is -0.709. The predicted molar refractivity (Wildman–Crippen MR) is 99.7 cm³/mol. The average molecular weight is 383 g/mol. The molecule has 2 aromatic rings. The molecule has 134 valence electrons. The molecule has 0 saturated carbocycles. The van der Waals surface area contributed by atoms with Gasteiger partial charge in [-0.15, -0.1) is 0 Å². The minimum absolute atomic E-state index is 0.00889. The maximum Gasteiger partial charge on any atom is 0.265 e. The second-order valence-corrected chi connectivity index (χ2v) is 7.73. The Hall–Kier alpha value is -2.25. The first-order valence-corrected chi connectivity index (χ1v) is 9.66. The molecule has 0 bridgehead atoms. The molecule has 0 fully saturated rings. The number of hydrogen-bond donors (Lipinski definition) is 2. The first kappa shape index (κ1) is 19.1. The molecule has 2 rings (SSSR count). The minimum atomic E-state index is -3.33. The molecule has 1 amide bonds. The van der Waals surface area contributed by atoms with Gasteiger partial charge in [-0.3, -0.25) is 9.52 Å². The molecule has 0 aliphatic heterocycles. The Bertz CT molecular complexity index is 821. The van der Waals surface area contributed by atoms with E-state index in [0.29, 0.717) is 22.1 Å². The largest absolute Gasteiger partial charge is 0.481 e. The van der Waals surface area contributed by atoms with Crippen molar-refractivity contribution in [2.45, 2.75) is 20.0 Å². The number of nitrogens with one attached hydrogen (secondary N) is 2. The van der Waals surface area contributed by atoms with Crippen molar-refractivity contribution in [3.63, 3.8) is 0 Å². The van der Waals surface area contributed by atoms with Gasteiger partial charge in [-0.2, -0.15) is 0 Å². The SMILES string of the molecule is CCS(=O)(=O)Nc1ccc(NC(=O)C(C)Oc2ccc(Cl)cc2)cc1. The van der Waals surface area contributed by atoms with E-state index >= 15 is 0 Å². The van der Waals surface area contributed by atoms with Gasteiger partial charge in [-0.25, -0.2) is 8.42 Å². The van der Waals surface area contributed by atoms with E-state index in [1.807, 2.05) is 0 Å². The molecular weight excluding hydrogens is 364 g/mol. The summed E-state index contributed by atoms with van der Waals surface area (Å²) in [5.74, 6) is 0.207. The fourth-order valence-electron chi connectivity index (χ4n) is 1.89. The molecule has 8 heteroatoms. The molecule has 1 unspecified atom stereocenters. The number of amides is 1. The molecular formula is C17H19ClN2O4S. The van der Waals surface area contributed by atoms with Crippen LogP contribution in [0.4, 0.5) is 11.4 Å². The highest BCUT2D eigenvalue weighted by Crippen LogP contribution is 2.18. The Morgan fingerprint density at radius 2 is 1.64 bits per heavy atom. The molecule has 2 aromatic carbocycles. The minimum Gasteiger partial charge on any atom is -0.481 e. The summed E-state index contributed by atoms with van der Waals surface area (Å²) < 4.78 is 31.0. The molecule has 6 nitrogen and oxygen atoms in total. The smallest absolute Gasteiger partial charge is 0.265 e. The number of benzene rings is 2. The fraction of sp³-hybridized carbons (Fsp3) is 0.235. The van der Waals surface area contributed by atoms with E-state index in [2.05, 4.69) is 10.0 Å². The summed E-state index contributed by atoms with van der Waals surface area (Å²) >= 11 is 5.80. The van der Waals surface area contributed by atoms with E-state index in [1.54, 1.807) is 62.4 Å². The Morgan fingerprint density at radius 1 is 1.08 bits per heavy atom. The zero-order valence-electron chi connectivity index (χ0n) is 13.8. The van der Waals surface area contributed by atoms with E-state index < -0.39 is 16.1 Å². The van der Waals surface area contributed by atoms with Gasteiger partial charge in [0.25, 0.3) is 5.91 Å². The van der Waals surface area contributed by atoms with Crippen LogP contribution in [0.5, 0.6) is 5.75 Å². The molecule has 2 N–H and O–H groups in total. The monoisotopic (exact) mass is 382 g/mol. The first-order chi connectivity index (χ1) is 11.8. The average Bonchev–Trinajstić information content (AvgIpc) is 2.58. The van der Waals surface area contributed by atoms with Crippen molar-refractivity contribution < 1.29 is 17.9 Å². The number of halogens is 1. The van der Waals surface area contributed by atoms with Crippen LogP contribution in [0.3, 0.4) is 0 Å². The van der Waals surface area contributed by atoms with Crippen molar-refractivity contribution in [1.82, 2.24) is 0 Å². The van der Waals surface area contributed by atoms with Gasteiger partial charge in [0.1, 0.15) is 5.75 Å². The Balaban J connectivity index is 1.94. The molecule has 1 atom stereocenters. The maximum absolute atomic E-state index is 12.2. The molecule has 0 aliphatic rings. The summed E-state index contributed by atoms with van der Waals surface area (Å²) in [6, 6.07) is 13.1. The van der Waals surface area contributed by atoms with Crippen molar-refractivity contribution in [3.8, 4) is 5.75 Å². The van der Waals surface area contributed by atoms with Gasteiger partial charge in [0, 0.05) is 16.4 Å². The van der Waals surface area contributed by atoms with Gasteiger partial charge in [-0.05, 0) is 62.4 Å². The second-order valence-electron chi connectivity index (χ2n) is 5.29. The van der Waals surface area contributed by atoms with Gasteiger partial charge in [-0.1, -0.05) is 11.6 Å². The molecule has 0 heterocycles. The zero-order valence-corrected chi connectivity index (χ0v) is 15.4. The van der Waals surface area contributed by atoms with Crippen LogP contribution in [0.15, 0.2) is 48.5 Å². The normalized spacial score (nSPS) is 12.3. The van der Waals surface area contributed by atoms with E-state index in [4.69, 9.17) is 16.3 Å². The Morgan fingerprint density at radius 3 is 2.20 bits per heavy atom. The third kappa shape index (κ3) is 5.95. The van der Waals surface area contributed by atoms with Gasteiger partial charge in [0.2, 0.25) is 10.0 Å². The topological polar surface area (TPSA) is 84.5 Å². The molecule has 25 heavy (non-hydrogen) atoms. The van der Waals surface area contributed by atoms with Crippen molar-refractivity contribution in [3.05, 3.63) is 53.6 Å². The summed E-state index contributed by atoms with van der Waals surface area (Å²) in [4.78, 5) is 12.2. The van der Waals surface area contributed by atoms with Crippen molar-refractivity contribution in [2.24, 2.45) is 0 Å². The van der Waals surface area contributed by atoms with E-state index in [9.17, 15) is 13.2 Å². The number of hydrogen-bond acceptors (Lipinski definition) is 4. The quantitative estimate of drug-likeness (QED) is 0.767. The Labute approximate surface area is 152 Å². The lowest BCUT2D eigenvalue weighted by Gasteiger charge is -2.15. The van der Waals surface area contributed by atoms with Crippen LogP contribution in [0.1, 0.15) is 13.8 Å². The van der Waals surface area contributed by atoms with Crippen LogP contribution in [0.2, 0.25) is 5.02 Å². The number of anilines is 2. The molecule has 0 aliphatic carbocycles. The van der Waals surface area contributed by atoms with Crippen LogP contribution in [0, 0.1) is 0 Å². The zero-order chi connectivity index (χ0) is 18.4. The number of sulfonamides is 1. The third-order valence-corrected chi connectivity index (χ3v) is 4.86. The van der Waals surface area contributed by atoms with Gasteiger partial charge in [0.15, 0.2) is 6.10 Å². The predicted octanol–water partition coefficient (Wildman–Crippen LogP) is 3.51. The number of carbonyl (C=O) groups excluding carboxylic acids is 1. The molecule has 0 saturated heterocycles. The van der Waals surface area contributed by atoms with Crippen molar-refractivity contribution in [1.29, 1.82) is 0 Å². The second kappa shape index (κ2) is 8.22. The standard InChI is InChI=1S/C17H19ClN2O4S/c1-3-25(22,23)20-15-8-6-14(7-9-15)19-17(21)12(2)24-16-10-4-13(18)5-11-16/h4-12,20H,3H2,1-2H3,(H,19,21). The number of carbonyl (C=O) groups is 1. The molecule has 0 radical (unpaired) electrons. The van der Waals surface area contributed by atoms with Crippen LogP contribution in [-0.2, 0) is 14.8 Å². The van der Waals surface area contributed by atoms with E-state index in [-0.39, 0.29) is 11.7 Å². The van der Waals surface area contributed by atoms with Gasteiger partial charge < -0.3 is 10.1 Å². The third-order valence-electron chi connectivity index (χ3n) is 3.30. The first-order valence-electron chi connectivity index (χ1n) is 7.62. The number of rotatable bonds is 7. The van der Waals surface area contributed by atoms with E-state index in [1.165, 1.54) is 0 Å². The van der Waals surface area contributed by atoms with Crippen LogP contribution in [0.25, 0.3) is 0 Å².